The second-order valence-corrected chi connectivity index (χ2v) is 4.00. The number of methoxy groups -OCH3 is 1. The van der Waals surface area contributed by atoms with Gasteiger partial charge in [0.25, 0.3) is 0 Å². The van der Waals surface area contributed by atoms with Gasteiger partial charge in [-0.2, -0.15) is 0 Å². The van der Waals surface area contributed by atoms with Crippen LogP contribution in [0.25, 0.3) is 0 Å². The molecule has 0 saturated carbocycles. The van der Waals surface area contributed by atoms with Gasteiger partial charge in [-0.3, -0.25) is 4.98 Å². The number of nitrogens with zero attached hydrogens (tertiary/aromatic N) is 2. The third-order valence-corrected chi connectivity index (χ3v) is 2.68. The molecule has 0 unspecified atom stereocenters. The van der Waals surface area contributed by atoms with E-state index in [2.05, 4.69) is 10.1 Å². The molecule has 0 aliphatic heterocycles. The van der Waals surface area contributed by atoms with Crippen LogP contribution in [-0.2, 0) is 6.61 Å². The molecule has 0 saturated heterocycles. The first-order valence-electron chi connectivity index (χ1n) is 5.92. The first-order chi connectivity index (χ1) is 9.74. The zero-order chi connectivity index (χ0) is 14.4. The van der Waals surface area contributed by atoms with Crippen molar-refractivity contribution in [2.75, 3.05) is 7.11 Å². The van der Waals surface area contributed by atoms with Crippen molar-refractivity contribution in [1.29, 1.82) is 0 Å². The van der Waals surface area contributed by atoms with Crippen LogP contribution in [-0.4, -0.2) is 23.1 Å². The lowest BCUT2D eigenvalue weighted by Crippen LogP contribution is -2.13. The molecule has 1 aromatic carbocycles. The van der Waals surface area contributed by atoms with Crippen LogP contribution < -0.4 is 15.2 Å². The summed E-state index contributed by atoms with van der Waals surface area (Å²) in [6.07, 6.45) is 3.44. The number of pyridine rings is 1. The van der Waals surface area contributed by atoms with E-state index in [0.717, 1.165) is 5.56 Å². The highest BCUT2D eigenvalue weighted by molar-refractivity contribution is 5.97. The molecule has 0 atom stereocenters. The number of rotatable bonds is 5. The SMILES string of the molecule is COc1cc(/C(N)=N/O)ccc1OCc1cccnc1. The molecule has 104 valence electrons. The number of nitrogens with two attached hydrogens (primary N) is 1. The summed E-state index contributed by atoms with van der Waals surface area (Å²) in [4.78, 5) is 4.02. The lowest BCUT2D eigenvalue weighted by atomic mass is 10.2. The first kappa shape index (κ1) is 13.7. The number of hydrogen-bond donors (Lipinski definition) is 2. The van der Waals surface area contributed by atoms with Gasteiger partial charge in [-0.25, -0.2) is 0 Å². The van der Waals surface area contributed by atoms with E-state index in [9.17, 15) is 0 Å². The summed E-state index contributed by atoms with van der Waals surface area (Å²) < 4.78 is 10.9. The number of amidine groups is 1. The average molecular weight is 273 g/mol. The Labute approximate surface area is 116 Å². The maximum Gasteiger partial charge on any atom is 0.170 e. The number of benzene rings is 1. The first-order valence-corrected chi connectivity index (χ1v) is 5.92. The van der Waals surface area contributed by atoms with Gasteiger partial charge in [0.05, 0.1) is 7.11 Å². The van der Waals surface area contributed by atoms with Crippen LogP contribution in [0.2, 0.25) is 0 Å². The Morgan fingerprint density at radius 3 is 2.85 bits per heavy atom. The van der Waals surface area contributed by atoms with Gasteiger partial charge in [0.2, 0.25) is 0 Å². The molecular weight excluding hydrogens is 258 g/mol. The molecule has 20 heavy (non-hydrogen) atoms. The molecule has 6 nitrogen and oxygen atoms in total. The second kappa shape index (κ2) is 6.42. The van der Waals surface area contributed by atoms with Crippen LogP contribution in [0.1, 0.15) is 11.1 Å². The van der Waals surface area contributed by atoms with Crippen molar-refractivity contribution in [2.24, 2.45) is 10.9 Å². The molecule has 3 N–H and O–H groups in total. The van der Waals surface area contributed by atoms with Crippen LogP contribution in [0, 0.1) is 0 Å². The highest BCUT2D eigenvalue weighted by Gasteiger charge is 2.08. The van der Waals surface area contributed by atoms with Crippen molar-refractivity contribution < 1.29 is 14.7 Å². The van der Waals surface area contributed by atoms with Crippen molar-refractivity contribution in [1.82, 2.24) is 4.98 Å². The van der Waals surface area contributed by atoms with Crippen molar-refractivity contribution in [3.8, 4) is 11.5 Å². The summed E-state index contributed by atoms with van der Waals surface area (Å²) >= 11 is 0. The van der Waals surface area contributed by atoms with Gasteiger partial charge in [-0.05, 0) is 24.3 Å². The van der Waals surface area contributed by atoms with Crippen molar-refractivity contribution in [3.63, 3.8) is 0 Å². The van der Waals surface area contributed by atoms with Crippen LogP contribution in [0.3, 0.4) is 0 Å². The third kappa shape index (κ3) is 3.17. The van der Waals surface area contributed by atoms with Crippen LogP contribution in [0.4, 0.5) is 0 Å². The van der Waals surface area contributed by atoms with E-state index in [1.807, 2.05) is 12.1 Å². The van der Waals surface area contributed by atoms with E-state index in [4.69, 9.17) is 20.4 Å². The topological polar surface area (TPSA) is 90.0 Å². The maximum atomic E-state index is 8.66. The fourth-order valence-electron chi connectivity index (χ4n) is 1.65. The number of oxime groups is 1. The molecule has 2 rings (SSSR count). The zero-order valence-electron chi connectivity index (χ0n) is 11.0. The standard InChI is InChI=1S/C14H15N3O3/c1-19-13-7-11(14(15)17-18)4-5-12(13)20-9-10-3-2-6-16-8-10/h2-8,18H,9H2,1H3,(H2,15,17). The number of hydrogen-bond acceptors (Lipinski definition) is 5. The van der Waals surface area contributed by atoms with E-state index in [-0.39, 0.29) is 5.84 Å². The highest BCUT2D eigenvalue weighted by atomic mass is 16.5. The summed E-state index contributed by atoms with van der Waals surface area (Å²) in [7, 11) is 1.53. The van der Waals surface area contributed by atoms with E-state index >= 15 is 0 Å². The Bertz CT molecular complexity index is 600. The van der Waals surface area contributed by atoms with E-state index in [1.54, 1.807) is 30.6 Å². The summed E-state index contributed by atoms with van der Waals surface area (Å²) in [5.74, 6) is 1.10. The molecule has 2 aromatic rings. The van der Waals surface area contributed by atoms with Gasteiger partial charge in [-0.15, -0.1) is 0 Å². The molecule has 0 aliphatic rings. The smallest absolute Gasteiger partial charge is 0.170 e. The summed E-state index contributed by atoms with van der Waals surface area (Å²) in [6.45, 7) is 0.382. The maximum absolute atomic E-state index is 8.66. The quantitative estimate of drug-likeness (QED) is 0.375. The molecule has 0 radical (unpaired) electrons. The minimum Gasteiger partial charge on any atom is -0.493 e. The van der Waals surface area contributed by atoms with Gasteiger partial charge >= 0.3 is 0 Å². The fraction of sp³-hybridized carbons (Fsp3) is 0.143. The van der Waals surface area contributed by atoms with E-state index < -0.39 is 0 Å². The molecule has 0 amide bonds. The predicted molar refractivity (Wildman–Crippen MR) is 74.1 cm³/mol. The van der Waals surface area contributed by atoms with Gasteiger partial charge in [0, 0.05) is 23.5 Å². The van der Waals surface area contributed by atoms with Gasteiger partial charge in [0.15, 0.2) is 17.3 Å². The molecule has 0 spiro atoms. The Morgan fingerprint density at radius 1 is 1.35 bits per heavy atom. The monoisotopic (exact) mass is 273 g/mol. The molecule has 6 heteroatoms. The largest absolute Gasteiger partial charge is 0.493 e. The Morgan fingerprint density at radius 2 is 2.20 bits per heavy atom. The average Bonchev–Trinajstić information content (AvgIpc) is 2.53. The van der Waals surface area contributed by atoms with Crippen LogP contribution >= 0.6 is 0 Å². The lowest BCUT2D eigenvalue weighted by Gasteiger charge is -2.11. The Hall–Kier alpha value is -2.76. The molecule has 1 heterocycles. The third-order valence-electron chi connectivity index (χ3n) is 2.68. The lowest BCUT2D eigenvalue weighted by molar-refractivity contribution is 0.284. The van der Waals surface area contributed by atoms with Crippen LogP contribution in [0.15, 0.2) is 47.9 Å². The normalized spacial score (nSPS) is 11.2. The minimum absolute atomic E-state index is 0.0158. The van der Waals surface area contributed by atoms with E-state index in [1.165, 1.54) is 7.11 Å². The summed E-state index contributed by atoms with van der Waals surface area (Å²) in [5.41, 5.74) is 7.04. The van der Waals surface area contributed by atoms with Gasteiger partial charge in [-0.1, -0.05) is 11.2 Å². The van der Waals surface area contributed by atoms with Gasteiger partial charge < -0.3 is 20.4 Å². The number of aromatic nitrogens is 1. The molecule has 0 bridgehead atoms. The fourth-order valence-corrected chi connectivity index (χ4v) is 1.65. The molecule has 0 aliphatic carbocycles. The summed E-state index contributed by atoms with van der Waals surface area (Å²) in [6, 6.07) is 8.81. The highest BCUT2D eigenvalue weighted by Crippen LogP contribution is 2.28. The van der Waals surface area contributed by atoms with Crippen LogP contribution in [0.5, 0.6) is 11.5 Å². The molecular formula is C14H15N3O3. The van der Waals surface area contributed by atoms with Crippen molar-refractivity contribution >= 4 is 5.84 Å². The minimum atomic E-state index is 0.0158. The Balaban J connectivity index is 2.16. The van der Waals surface area contributed by atoms with E-state index in [0.29, 0.717) is 23.7 Å². The second-order valence-electron chi connectivity index (χ2n) is 4.00. The number of ether oxygens (including phenoxy) is 2. The van der Waals surface area contributed by atoms with Crippen molar-refractivity contribution in [2.45, 2.75) is 6.61 Å². The zero-order valence-corrected chi connectivity index (χ0v) is 11.0. The molecule has 1 aromatic heterocycles. The van der Waals surface area contributed by atoms with Crippen molar-refractivity contribution in [3.05, 3.63) is 53.9 Å². The summed E-state index contributed by atoms with van der Waals surface area (Å²) in [5, 5.41) is 11.6. The molecule has 0 fully saturated rings. The Kier molecular flexibility index (Phi) is 4.39. The predicted octanol–water partition coefficient (Wildman–Crippen LogP) is 1.76. The van der Waals surface area contributed by atoms with Gasteiger partial charge in [0.1, 0.15) is 6.61 Å².